The first-order valence-corrected chi connectivity index (χ1v) is 7.88. The van der Waals surface area contributed by atoms with Crippen LogP contribution < -0.4 is 5.32 Å². The highest BCUT2D eigenvalue weighted by molar-refractivity contribution is 5.68. The van der Waals surface area contributed by atoms with Gasteiger partial charge in [0.15, 0.2) is 6.33 Å². The molecule has 0 bridgehead atoms. The minimum atomic E-state index is -0.426. The topological polar surface area (TPSA) is 80.5 Å². The van der Waals surface area contributed by atoms with E-state index in [1.807, 2.05) is 20.8 Å². The standard InChI is InChI=1S/C15H26N4O3/c1-15(2,3)21-14(20)19-8-5-12(6-9-19)10-16-7-4-13-17-11-18-22-13/h11-12,16H,4-10H2,1-3H3. The van der Waals surface area contributed by atoms with Gasteiger partial charge in [0.05, 0.1) is 0 Å². The molecule has 0 aromatic carbocycles. The summed E-state index contributed by atoms with van der Waals surface area (Å²) in [7, 11) is 0. The van der Waals surface area contributed by atoms with Crippen molar-refractivity contribution < 1.29 is 14.1 Å². The molecule has 0 radical (unpaired) electrons. The number of nitrogens with one attached hydrogen (secondary N) is 1. The quantitative estimate of drug-likeness (QED) is 0.836. The summed E-state index contributed by atoms with van der Waals surface area (Å²) in [5.74, 6) is 1.26. The predicted octanol–water partition coefficient (Wildman–Crippen LogP) is 1.85. The predicted molar refractivity (Wildman–Crippen MR) is 81.4 cm³/mol. The third-order valence-corrected chi connectivity index (χ3v) is 3.62. The number of ether oxygens (including phenoxy) is 1. The molecule has 1 aromatic rings. The average molecular weight is 310 g/mol. The molecule has 1 aliphatic rings. The van der Waals surface area contributed by atoms with Crippen molar-refractivity contribution in [2.24, 2.45) is 5.92 Å². The number of carbonyl (C=O) groups is 1. The van der Waals surface area contributed by atoms with Gasteiger partial charge < -0.3 is 19.5 Å². The Labute approximate surface area is 131 Å². The van der Waals surface area contributed by atoms with Gasteiger partial charge in [-0.1, -0.05) is 5.16 Å². The zero-order chi connectivity index (χ0) is 16.0. The molecule has 1 aliphatic heterocycles. The van der Waals surface area contributed by atoms with Crippen LogP contribution in [0.4, 0.5) is 4.79 Å². The number of hydrogen-bond acceptors (Lipinski definition) is 6. The first-order valence-electron chi connectivity index (χ1n) is 7.88. The molecule has 1 N–H and O–H groups in total. The molecule has 1 fully saturated rings. The summed E-state index contributed by atoms with van der Waals surface area (Å²) < 4.78 is 10.3. The van der Waals surface area contributed by atoms with Gasteiger partial charge in [-0.25, -0.2) is 4.79 Å². The molecule has 0 atom stereocenters. The lowest BCUT2D eigenvalue weighted by Gasteiger charge is -2.33. The highest BCUT2D eigenvalue weighted by Gasteiger charge is 2.26. The molecular formula is C15H26N4O3. The lowest BCUT2D eigenvalue weighted by molar-refractivity contribution is 0.0184. The van der Waals surface area contributed by atoms with Crippen molar-refractivity contribution in [3.8, 4) is 0 Å². The Morgan fingerprint density at radius 2 is 2.18 bits per heavy atom. The maximum atomic E-state index is 12.0. The van der Waals surface area contributed by atoms with Crippen LogP contribution in [-0.4, -0.2) is 52.9 Å². The number of carbonyl (C=O) groups excluding carboxylic acids is 1. The van der Waals surface area contributed by atoms with E-state index in [1.54, 1.807) is 4.90 Å². The Kier molecular flexibility index (Phi) is 5.76. The first-order chi connectivity index (χ1) is 10.4. The van der Waals surface area contributed by atoms with Gasteiger partial charge in [0.1, 0.15) is 5.60 Å². The molecule has 0 spiro atoms. The molecule has 22 heavy (non-hydrogen) atoms. The summed E-state index contributed by atoms with van der Waals surface area (Å²) in [5, 5.41) is 6.99. The number of amides is 1. The Morgan fingerprint density at radius 1 is 1.45 bits per heavy atom. The van der Waals surface area contributed by atoms with Gasteiger partial charge in [0.25, 0.3) is 0 Å². The third kappa shape index (κ3) is 5.63. The fourth-order valence-corrected chi connectivity index (χ4v) is 2.45. The molecule has 1 aromatic heterocycles. The molecule has 0 aliphatic carbocycles. The SMILES string of the molecule is CC(C)(C)OC(=O)N1CCC(CNCCc2ncno2)CC1. The van der Waals surface area contributed by atoms with Crippen LogP contribution in [0.5, 0.6) is 0 Å². The minimum Gasteiger partial charge on any atom is -0.444 e. The smallest absolute Gasteiger partial charge is 0.410 e. The number of rotatable bonds is 5. The zero-order valence-corrected chi connectivity index (χ0v) is 13.7. The summed E-state index contributed by atoms with van der Waals surface area (Å²) in [6.45, 7) is 9.00. The van der Waals surface area contributed by atoms with Gasteiger partial charge in [-0.2, -0.15) is 4.98 Å². The normalized spacial score (nSPS) is 16.8. The van der Waals surface area contributed by atoms with Gasteiger partial charge >= 0.3 is 6.09 Å². The first kappa shape index (κ1) is 16.7. The zero-order valence-electron chi connectivity index (χ0n) is 13.7. The summed E-state index contributed by atoms with van der Waals surface area (Å²) >= 11 is 0. The van der Waals surface area contributed by atoms with Crippen LogP contribution >= 0.6 is 0 Å². The summed E-state index contributed by atoms with van der Waals surface area (Å²) in [5.41, 5.74) is -0.426. The van der Waals surface area contributed by atoms with Gasteiger partial charge in [0, 0.05) is 26.1 Å². The Hall–Kier alpha value is -1.63. The Morgan fingerprint density at radius 3 is 2.77 bits per heavy atom. The summed E-state index contributed by atoms with van der Waals surface area (Å²) in [6, 6.07) is 0. The maximum absolute atomic E-state index is 12.0. The molecule has 124 valence electrons. The fraction of sp³-hybridized carbons (Fsp3) is 0.800. The van der Waals surface area contributed by atoms with Crippen molar-refractivity contribution in [2.75, 3.05) is 26.2 Å². The van der Waals surface area contributed by atoms with E-state index in [2.05, 4.69) is 15.5 Å². The van der Waals surface area contributed by atoms with Crippen molar-refractivity contribution in [2.45, 2.75) is 45.6 Å². The van der Waals surface area contributed by atoms with E-state index >= 15 is 0 Å². The third-order valence-electron chi connectivity index (χ3n) is 3.62. The Bertz CT molecular complexity index is 448. The van der Waals surface area contributed by atoms with Crippen LogP contribution in [0.15, 0.2) is 10.9 Å². The number of likely N-dealkylation sites (tertiary alicyclic amines) is 1. The van der Waals surface area contributed by atoms with Gasteiger partial charge in [0.2, 0.25) is 5.89 Å². The maximum Gasteiger partial charge on any atom is 0.410 e. The number of aromatic nitrogens is 2. The minimum absolute atomic E-state index is 0.199. The Balaban J connectivity index is 1.59. The molecule has 2 rings (SSSR count). The second kappa shape index (κ2) is 7.58. The second-order valence-electron chi connectivity index (χ2n) is 6.70. The van der Waals surface area contributed by atoms with Crippen molar-refractivity contribution in [1.82, 2.24) is 20.4 Å². The average Bonchev–Trinajstić information content (AvgIpc) is 2.95. The van der Waals surface area contributed by atoms with Crippen LogP contribution in [-0.2, 0) is 11.2 Å². The second-order valence-corrected chi connectivity index (χ2v) is 6.70. The van der Waals surface area contributed by atoms with Crippen molar-refractivity contribution in [1.29, 1.82) is 0 Å². The van der Waals surface area contributed by atoms with Gasteiger partial charge in [-0.3, -0.25) is 0 Å². The van der Waals surface area contributed by atoms with E-state index in [0.29, 0.717) is 11.8 Å². The van der Waals surface area contributed by atoms with Crippen LogP contribution in [0.1, 0.15) is 39.5 Å². The van der Waals surface area contributed by atoms with Crippen molar-refractivity contribution in [3.05, 3.63) is 12.2 Å². The highest BCUT2D eigenvalue weighted by Crippen LogP contribution is 2.19. The molecular weight excluding hydrogens is 284 g/mol. The van der Waals surface area contributed by atoms with E-state index < -0.39 is 5.60 Å². The summed E-state index contributed by atoms with van der Waals surface area (Å²) in [6.07, 6.45) is 3.98. The van der Waals surface area contributed by atoms with Gasteiger partial charge in [-0.05, 0) is 46.1 Å². The molecule has 1 amide bonds. The van der Waals surface area contributed by atoms with Crippen LogP contribution in [0.2, 0.25) is 0 Å². The van der Waals surface area contributed by atoms with E-state index in [-0.39, 0.29) is 6.09 Å². The molecule has 2 heterocycles. The molecule has 7 nitrogen and oxygen atoms in total. The van der Waals surface area contributed by atoms with E-state index in [1.165, 1.54) is 6.33 Å². The van der Waals surface area contributed by atoms with E-state index in [4.69, 9.17) is 9.26 Å². The van der Waals surface area contributed by atoms with Crippen LogP contribution in [0.3, 0.4) is 0 Å². The molecule has 0 saturated carbocycles. The lowest BCUT2D eigenvalue weighted by atomic mass is 9.97. The molecule has 0 unspecified atom stereocenters. The van der Waals surface area contributed by atoms with Gasteiger partial charge in [-0.15, -0.1) is 0 Å². The fourth-order valence-electron chi connectivity index (χ4n) is 2.45. The number of piperidine rings is 1. The number of nitrogens with zero attached hydrogens (tertiary/aromatic N) is 3. The number of hydrogen-bond donors (Lipinski definition) is 1. The lowest BCUT2D eigenvalue weighted by Crippen LogP contribution is -2.43. The monoisotopic (exact) mass is 310 g/mol. The molecule has 7 heteroatoms. The van der Waals surface area contributed by atoms with Crippen molar-refractivity contribution >= 4 is 6.09 Å². The summed E-state index contributed by atoms with van der Waals surface area (Å²) in [4.78, 5) is 17.8. The highest BCUT2D eigenvalue weighted by atomic mass is 16.6. The van der Waals surface area contributed by atoms with Crippen molar-refractivity contribution in [3.63, 3.8) is 0 Å². The van der Waals surface area contributed by atoms with E-state index in [9.17, 15) is 4.79 Å². The van der Waals surface area contributed by atoms with E-state index in [0.717, 1.165) is 45.4 Å². The van der Waals surface area contributed by atoms with Crippen LogP contribution in [0, 0.1) is 5.92 Å². The van der Waals surface area contributed by atoms with Crippen LogP contribution in [0.25, 0.3) is 0 Å². The largest absolute Gasteiger partial charge is 0.444 e. The molecule has 1 saturated heterocycles.